The van der Waals surface area contributed by atoms with Crippen LogP contribution in [0.5, 0.6) is 0 Å². The average molecular weight is 536 g/mol. The molecule has 0 bridgehead atoms. The summed E-state index contributed by atoms with van der Waals surface area (Å²) in [5, 5.41) is 1.70. The van der Waals surface area contributed by atoms with Gasteiger partial charge in [-0.3, -0.25) is 9.59 Å². The van der Waals surface area contributed by atoms with Crippen LogP contribution >= 0.6 is 22.7 Å². The van der Waals surface area contributed by atoms with Gasteiger partial charge in [0.05, 0.1) is 16.8 Å². The summed E-state index contributed by atoms with van der Waals surface area (Å²) in [6.45, 7) is 4.35. The van der Waals surface area contributed by atoms with E-state index in [1.807, 2.05) is 12.1 Å². The number of hydrogen-bond acceptors (Lipinski definition) is 7. The molecular weight excluding hydrogens is 506 g/mol. The topological polar surface area (TPSA) is 98.0 Å². The molecule has 1 aromatic carbocycles. The number of nitrogens with zero attached hydrogens (tertiary/aromatic N) is 3. The van der Waals surface area contributed by atoms with E-state index in [2.05, 4.69) is 18.0 Å². The molecule has 0 saturated carbocycles. The monoisotopic (exact) mass is 535 g/mol. The molecule has 3 aromatic rings. The van der Waals surface area contributed by atoms with E-state index in [1.54, 1.807) is 29.0 Å². The maximum Gasteiger partial charge on any atom is 0.326 e. The molecule has 0 aliphatic carbocycles. The first kappa shape index (κ1) is 25.7. The van der Waals surface area contributed by atoms with Crippen molar-refractivity contribution >= 4 is 54.8 Å². The summed E-state index contributed by atoms with van der Waals surface area (Å²) >= 11 is 2.46. The largest absolute Gasteiger partial charge is 0.465 e. The molecule has 1 atom stereocenters. The minimum Gasteiger partial charge on any atom is -0.465 e. The Hall–Kier alpha value is -2.34. The Morgan fingerprint density at radius 1 is 1.23 bits per heavy atom. The molecular formula is C24H29N3O5S3. The number of benzene rings is 1. The Bertz CT molecular complexity index is 1370. The molecule has 11 heteroatoms. The highest BCUT2D eigenvalue weighted by atomic mass is 32.2. The number of rotatable bonds is 9. The number of hydrogen-bond donors (Lipinski definition) is 0. The Kier molecular flexibility index (Phi) is 8.20. The highest BCUT2D eigenvalue weighted by Crippen LogP contribution is 2.29. The van der Waals surface area contributed by atoms with Crippen molar-refractivity contribution in [1.29, 1.82) is 0 Å². The molecule has 1 fully saturated rings. The van der Waals surface area contributed by atoms with E-state index >= 15 is 0 Å². The Labute approximate surface area is 212 Å². The standard InChI is InChI=1S/C24H29N3O5S3/c1-3-5-8-17-11-12-18-20(15-17)34-24(26(18)16-21(28)32-4-2)25-23(29)19-9-6-13-27(19)35(30,31)22-10-7-14-33-22/h7,10-12,14-15,19H,3-6,8-9,13,16H2,1-2H3. The lowest BCUT2D eigenvalue weighted by atomic mass is 10.1. The van der Waals surface area contributed by atoms with Crippen LogP contribution in [0.15, 0.2) is 44.9 Å². The van der Waals surface area contributed by atoms with Crippen molar-refractivity contribution in [2.24, 2.45) is 4.99 Å². The fourth-order valence-electron chi connectivity index (χ4n) is 4.20. The summed E-state index contributed by atoms with van der Waals surface area (Å²) in [6, 6.07) is 8.42. The third-order valence-corrected chi connectivity index (χ3v) is 10.2. The van der Waals surface area contributed by atoms with Crippen molar-refractivity contribution in [3.8, 4) is 0 Å². The highest BCUT2D eigenvalue weighted by Gasteiger charge is 2.40. The maximum absolute atomic E-state index is 13.3. The number of esters is 1. The average Bonchev–Trinajstić information content (AvgIpc) is 3.59. The van der Waals surface area contributed by atoms with E-state index in [1.165, 1.54) is 21.2 Å². The number of fused-ring (bicyclic) bond motifs is 1. The Morgan fingerprint density at radius 3 is 2.77 bits per heavy atom. The third kappa shape index (κ3) is 5.58. The molecule has 1 aliphatic rings. The van der Waals surface area contributed by atoms with Gasteiger partial charge in [0.2, 0.25) is 0 Å². The fourth-order valence-corrected chi connectivity index (χ4v) is 8.07. The second kappa shape index (κ2) is 11.2. The van der Waals surface area contributed by atoms with Gasteiger partial charge in [0.25, 0.3) is 15.9 Å². The number of thiophene rings is 1. The first-order chi connectivity index (χ1) is 16.8. The van der Waals surface area contributed by atoms with Crippen molar-refractivity contribution in [3.63, 3.8) is 0 Å². The normalized spacial score (nSPS) is 17.3. The maximum atomic E-state index is 13.3. The number of carbonyl (C=O) groups is 2. The summed E-state index contributed by atoms with van der Waals surface area (Å²) in [4.78, 5) is 30.3. The number of thiazole rings is 1. The van der Waals surface area contributed by atoms with Crippen LogP contribution in [0.1, 0.15) is 45.1 Å². The molecule has 3 heterocycles. The SMILES string of the molecule is CCCCc1ccc2c(c1)sc(=NC(=O)C1CCCN1S(=O)(=O)c1cccs1)n2CC(=O)OCC. The van der Waals surface area contributed by atoms with E-state index in [-0.39, 0.29) is 23.9 Å². The molecule has 1 amide bonds. The van der Waals surface area contributed by atoms with Crippen LogP contribution in [0.4, 0.5) is 0 Å². The van der Waals surface area contributed by atoms with E-state index in [4.69, 9.17) is 4.74 Å². The minimum atomic E-state index is -3.76. The molecule has 188 valence electrons. The molecule has 1 aliphatic heterocycles. The number of amides is 1. The zero-order chi connectivity index (χ0) is 25.0. The van der Waals surface area contributed by atoms with Crippen molar-refractivity contribution in [2.75, 3.05) is 13.2 Å². The number of aryl methyl sites for hydroxylation is 1. The van der Waals surface area contributed by atoms with Crippen LogP contribution in [-0.4, -0.2) is 48.4 Å². The van der Waals surface area contributed by atoms with Crippen molar-refractivity contribution < 1.29 is 22.7 Å². The summed E-state index contributed by atoms with van der Waals surface area (Å²) in [5.41, 5.74) is 1.98. The van der Waals surface area contributed by atoms with Gasteiger partial charge in [0.1, 0.15) is 16.8 Å². The van der Waals surface area contributed by atoms with Gasteiger partial charge in [-0.15, -0.1) is 11.3 Å². The molecule has 2 aromatic heterocycles. The fraction of sp³-hybridized carbons (Fsp3) is 0.458. The molecule has 8 nitrogen and oxygen atoms in total. The quantitative estimate of drug-likeness (QED) is 0.387. The third-order valence-electron chi connectivity index (χ3n) is 5.91. The molecule has 0 radical (unpaired) electrons. The van der Waals surface area contributed by atoms with E-state index < -0.39 is 27.9 Å². The van der Waals surface area contributed by atoms with Crippen LogP contribution < -0.4 is 4.80 Å². The van der Waals surface area contributed by atoms with Crippen LogP contribution in [0.3, 0.4) is 0 Å². The van der Waals surface area contributed by atoms with Crippen molar-refractivity contribution in [2.45, 2.75) is 62.7 Å². The first-order valence-electron chi connectivity index (χ1n) is 11.8. The number of sulfonamides is 1. The second-order valence-electron chi connectivity index (χ2n) is 8.34. The van der Waals surface area contributed by atoms with Gasteiger partial charge in [-0.1, -0.05) is 36.8 Å². The molecule has 35 heavy (non-hydrogen) atoms. The molecule has 1 saturated heterocycles. The van der Waals surface area contributed by atoms with Gasteiger partial charge in [-0.2, -0.15) is 9.30 Å². The number of ether oxygens (including phenoxy) is 1. The van der Waals surface area contributed by atoms with Crippen molar-refractivity contribution in [1.82, 2.24) is 8.87 Å². The highest BCUT2D eigenvalue weighted by molar-refractivity contribution is 7.91. The smallest absolute Gasteiger partial charge is 0.326 e. The Morgan fingerprint density at radius 2 is 2.06 bits per heavy atom. The van der Waals surface area contributed by atoms with E-state index in [0.717, 1.165) is 40.8 Å². The summed E-state index contributed by atoms with van der Waals surface area (Å²) in [5.74, 6) is -0.933. The molecule has 1 unspecified atom stereocenters. The number of carbonyl (C=O) groups excluding carboxylic acids is 2. The summed E-state index contributed by atoms with van der Waals surface area (Å²) < 4.78 is 35.4. The zero-order valence-corrected chi connectivity index (χ0v) is 22.3. The lowest BCUT2D eigenvalue weighted by Crippen LogP contribution is -2.40. The predicted molar refractivity (Wildman–Crippen MR) is 137 cm³/mol. The van der Waals surface area contributed by atoms with Gasteiger partial charge in [-0.25, -0.2) is 8.42 Å². The minimum absolute atomic E-state index is 0.0733. The molecule has 4 rings (SSSR count). The number of unbranched alkanes of at least 4 members (excludes halogenated alkanes) is 1. The summed E-state index contributed by atoms with van der Waals surface area (Å²) in [7, 11) is -3.76. The number of aromatic nitrogens is 1. The van der Waals surface area contributed by atoms with Crippen LogP contribution in [0, 0.1) is 0 Å². The van der Waals surface area contributed by atoms with Gasteiger partial charge >= 0.3 is 5.97 Å². The van der Waals surface area contributed by atoms with Crippen molar-refractivity contribution in [3.05, 3.63) is 46.1 Å². The van der Waals surface area contributed by atoms with Crippen LogP contribution in [-0.2, 0) is 37.3 Å². The van der Waals surface area contributed by atoms with E-state index in [9.17, 15) is 18.0 Å². The van der Waals surface area contributed by atoms with Crippen LogP contribution in [0.2, 0.25) is 0 Å². The Balaban J connectivity index is 1.72. The lowest BCUT2D eigenvalue weighted by Gasteiger charge is -2.20. The van der Waals surface area contributed by atoms with Gasteiger partial charge < -0.3 is 9.30 Å². The van der Waals surface area contributed by atoms with E-state index in [0.29, 0.717) is 17.6 Å². The predicted octanol–water partition coefficient (Wildman–Crippen LogP) is 3.95. The van der Waals surface area contributed by atoms with Crippen LogP contribution in [0.25, 0.3) is 10.2 Å². The molecule has 0 spiro atoms. The first-order valence-corrected chi connectivity index (χ1v) is 14.9. The van der Waals surface area contributed by atoms with Gasteiger partial charge in [0, 0.05) is 6.54 Å². The zero-order valence-electron chi connectivity index (χ0n) is 19.8. The molecule has 0 N–H and O–H groups in total. The second-order valence-corrected chi connectivity index (χ2v) is 12.4. The van der Waals surface area contributed by atoms with Gasteiger partial charge in [0.15, 0.2) is 4.80 Å². The van der Waals surface area contributed by atoms with Gasteiger partial charge in [-0.05, 0) is 61.7 Å². The lowest BCUT2D eigenvalue weighted by molar-refractivity contribution is -0.143. The summed E-state index contributed by atoms with van der Waals surface area (Å²) in [6.07, 6.45) is 4.12.